The maximum absolute atomic E-state index is 9.47. The van der Waals surface area contributed by atoms with Gasteiger partial charge in [0.15, 0.2) is 11.5 Å². The van der Waals surface area contributed by atoms with Crippen LogP contribution in [0.3, 0.4) is 0 Å². The number of rotatable bonds is 5. The molecule has 0 atom stereocenters. The molecule has 0 N–H and O–H groups in total. The van der Waals surface area contributed by atoms with Gasteiger partial charge in [0.05, 0.1) is 0 Å². The molecule has 182 valence electrons. The third-order valence-corrected chi connectivity index (χ3v) is 6.80. The van der Waals surface area contributed by atoms with Gasteiger partial charge in [0, 0.05) is 16.3 Å². The molecule has 0 heterocycles. The van der Waals surface area contributed by atoms with Crippen LogP contribution in [0.4, 0.5) is 0 Å². The van der Waals surface area contributed by atoms with Crippen LogP contribution in [0.2, 0.25) is 0 Å². The molecule has 6 aromatic rings. The summed E-state index contributed by atoms with van der Waals surface area (Å²) in [5.41, 5.74) is 3.31. The number of hydrogen-bond acceptors (Lipinski definition) is 6. The fraction of sp³-hybridized carbons (Fsp3) is 0. The smallest absolute Gasteiger partial charge is 0.292 e. The van der Waals surface area contributed by atoms with Gasteiger partial charge in [-0.3, -0.25) is 0 Å². The topological polar surface area (TPSA) is 99.1 Å². The van der Waals surface area contributed by atoms with Crippen molar-refractivity contribution in [3.63, 3.8) is 0 Å². The number of nitriles is 3. The average Bonchev–Trinajstić information content (AvgIpc) is 2.98. The van der Waals surface area contributed by atoms with Gasteiger partial charge in [-0.15, -0.1) is 15.8 Å². The number of nitrogens with zero attached hydrogens (tertiary/aromatic N) is 3. The summed E-state index contributed by atoms with van der Waals surface area (Å²) in [6.45, 7) is 0. The predicted octanol–water partition coefficient (Wildman–Crippen LogP) is 8.06. The molecule has 0 spiro atoms. The van der Waals surface area contributed by atoms with Crippen molar-refractivity contribution < 1.29 is 14.2 Å². The van der Waals surface area contributed by atoms with Gasteiger partial charge in [0.25, 0.3) is 18.8 Å². The van der Waals surface area contributed by atoms with E-state index in [1.807, 2.05) is 97.4 Å². The van der Waals surface area contributed by atoms with E-state index in [1.54, 1.807) is 24.5 Å². The molecular weight excluding hydrogens is 486 g/mol. The van der Waals surface area contributed by atoms with E-state index >= 15 is 0 Å². The number of hydrogen-bond donors (Lipinski definition) is 0. The van der Waals surface area contributed by atoms with E-state index in [4.69, 9.17) is 19.5 Å². The highest BCUT2D eigenvalue weighted by Gasteiger charge is 2.20. The highest BCUT2D eigenvalue weighted by atomic mass is 16.5. The minimum Gasteiger partial charge on any atom is -0.387 e. The van der Waals surface area contributed by atoms with Crippen molar-refractivity contribution in [1.29, 1.82) is 15.8 Å². The maximum atomic E-state index is 9.47. The Kier molecular flexibility index (Phi) is 5.87. The molecule has 0 saturated heterocycles. The summed E-state index contributed by atoms with van der Waals surface area (Å²) in [6.07, 6.45) is 5.38. The highest BCUT2D eigenvalue weighted by Crippen LogP contribution is 2.46. The van der Waals surface area contributed by atoms with Crippen LogP contribution in [0.25, 0.3) is 54.6 Å². The summed E-state index contributed by atoms with van der Waals surface area (Å²) < 4.78 is 16.1. The van der Waals surface area contributed by atoms with E-state index in [0.717, 1.165) is 54.6 Å². The molecule has 0 unspecified atom stereocenters. The summed E-state index contributed by atoms with van der Waals surface area (Å²) in [7, 11) is 0. The summed E-state index contributed by atoms with van der Waals surface area (Å²) in [6, 6.07) is 32.5. The van der Waals surface area contributed by atoms with Crippen LogP contribution < -0.4 is 14.2 Å². The third kappa shape index (κ3) is 3.89. The fourth-order valence-corrected chi connectivity index (χ4v) is 5.26. The van der Waals surface area contributed by atoms with E-state index in [0.29, 0.717) is 17.2 Å². The first-order valence-corrected chi connectivity index (χ1v) is 12.0. The van der Waals surface area contributed by atoms with Crippen molar-refractivity contribution >= 4 is 32.3 Å². The SMILES string of the molecule is N#COc1ccc2ccccc2c1-c1ccc(-c2ccc(OC#N)c3ccccc23)c2c(OC#N)cccc12. The van der Waals surface area contributed by atoms with Crippen LogP contribution in [0.5, 0.6) is 17.2 Å². The van der Waals surface area contributed by atoms with E-state index in [2.05, 4.69) is 0 Å². The average molecular weight is 504 g/mol. The lowest BCUT2D eigenvalue weighted by Crippen LogP contribution is -1.94. The first-order chi connectivity index (χ1) is 19.2. The lowest BCUT2D eigenvalue weighted by molar-refractivity contribution is 0.509. The molecule has 0 bridgehead atoms. The summed E-state index contributed by atoms with van der Waals surface area (Å²) in [4.78, 5) is 0. The number of fused-ring (bicyclic) bond motifs is 3. The summed E-state index contributed by atoms with van der Waals surface area (Å²) in [5, 5.41) is 33.1. The van der Waals surface area contributed by atoms with Crippen LogP contribution in [-0.4, -0.2) is 0 Å². The molecule has 0 aliphatic heterocycles. The molecule has 0 radical (unpaired) electrons. The molecule has 0 aliphatic rings. The van der Waals surface area contributed by atoms with Gasteiger partial charge < -0.3 is 14.2 Å². The van der Waals surface area contributed by atoms with Gasteiger partial charge in [0.2, 0.25) is 0 Å². The van der Waals surface area contributed by atoms with E-state index < -0.39 is 0 Å². The monoisotopic (exact) mass is 503 g/mol. The largest absolute Gasteiger partial charge is 0.387 e. The third-order valence-electron chi connectivity index (χ3n) is 6.80. The normalized spacial score (nSPS) is 10.5. The Morgan fingerprint density at radius 2 is 1.00 bits per heavy atom. The van der Waals surface area contributed by atoms with Gasteiger partial charge in [-0.1, -0.05) is 78.9 Å². The Balaban J connectivity index is 1.73. The van der Waals surface area contributed by atoms with Crippen LogP contribution in [-0.2, 0) is 0 Å². The zero-order valence-corrected chi connectivity index (χ0v) is 20.4. The van der Waals surface area contributed by atoms with Crippen molar-refractivity contribution in [2.24, 2.45) is 0 Å². The van der Waals surface area contributed by atoms with Gasteiger partial charge in [-0.2, -0.15) is 0 Å². The van der Waals surface area contributed by atoms with Gasteiger partial charge in [0.1, 0.15) is 5.75 Å². The quantitative estimate of drug-likeness (QED) is 0.221. The minimum atomic E-state index is 0.399. The summed E-state index contributed by atoms with van der Waals surface area (Å²) >= 11 is 0. The lowest BCUT2D eigenvalue weighted by atomic mass is 9.88. The van der Waals surface area contributed by atoms with Crippen LogP contribution in [0, 0.1) is 34.6 Å². The number of ether oxygens (including phenoxy) is 3. The Labute approximate surface area is 223 Å². The molecule has 0 fully saturated rings. The van der Waals surface area contributed by atoms with Crippen molar-refractivity contribution in [3.8, 4) is 58.3 Å². The molecule has 0 aliphatic carbocycles. The first-order valence-electron chi connectivity index (χ1n) is 12.0. The Morgan fingerprint density at radius 1 is 0.410 bits per heavy atom. The van der Waals surface area contributed by atoms with Crippen molar-refractivity contribution in [1.82, 2.24) is 0 Å². The second-order valence-electron chi connectivity index (χ2n) is 8.74. The molecule has 6 aromatic carbocycles. The standard InChI is InChI=1S/C33H17N3O3/c34-18-37-29-17-15-24(23-8-3-4-9-25(23)29)27-13-14-28(26-10-5-11-30(33(26)27)38-19-35)32-22-7-2-1-6-21(22)12-16-31(32)39-20-36/h1-17H. The molecule has 0 saturated carbocycles. The second kappa shape index (κ2) is 9.79. The molecular formula is C33H17N3O3. The van der Waals surface area contributed by atoms with Crippen LogP contribution in [0.1, 0.15) is 0 Å². The van der Waals surface area contributed by atoms with Gasteiger partial charge >= 0.3 is 0 Å². The van der Waals surface area contributed by atoms with Crippen LogP contribution in [0.15, 0.2) is 103 Å². The highest BCUT2D eigenvalue weighted by molar-refractivity contribution is 6.15. The Bertz CT molecular complexity index is 2050. The van der Waals surface area contributed by atoms with Crippen molar-refractivity contribution in [2.45, 2.75) is 0 Å². The zero-order chi connectivity index (χ0) is 26.8. The zero-order valence-electron chi connectivity index (χ0n) is 20.4. The van der Waals surface area contributed by atoms with Crippen LogP contribution >= 0.6 is 0 Å². The van der Waals surface area contributed by atoms with Crippen molar-refractivity contribution in [3.05, 3.63) is 103 Å². The van der Waals surface area contributed by atoms with Crippen molar-refractivity contribution in [2.75, 3.05) is 0 Å². The molecule has 0 amide bonds. The molecule has 6 rings (SSSR count). The fourth-order valence-electron chi connectivity index (χ4n) is 5.26. The molecule has 6 nitrogen and oxygen atoms in total. The van der Waals surface area contributed by atoms with E-state index in [9.17, 15) is 10.5 Å². The van der Waals surface area contributed by atoms with E-state index in [1.165, 1.54) is 0 Å². The maximum Gasteiger partial charge on any atom is 0.292 e. The molecule has 6 heteroatoms. The predicted molar refractivity (Wildman–Crippen MR) is 149 cm³/mol. The Hall–Kier alpha value is -6.03. The summed E-state index contributed by atoms with van der Waals surface area (Å²) in [5.74, 6) is 1.29. The Morgan fingerprint density at radius 3 is 1.79 bits per heavy atom. The van der Waals surface area contributed by atoms with Gasteiger partial charge in [-0.05, 0) is 62.5 Å². The van der Waals surface area contributed by atoms with Gasteiger partial charge in [-0.25, -0.2) is 0 Å². The molecule has 0 aromatic heterocycles. The lowest BCUT2D eigenvalue weighted by Gasteiger charge is -2.18. The first kappa shape index (κ1) is 23.4. The van der Waals surface area contributed by atoms with E-state index in [-0.39, 0.29) is 0 Å². The molecule has 39 heavy (non-hydrogen) atoms. The second-order valence-corrected chi connectivity index (χ2v) is 8.74. The minimum absolute atomic E-state index is 0.399. The number of benzene rings is 6.